The molecule has 1 aliphatic carbocycles. The number of carboxylic acids is 1. The number of pyridine rings is 1. The summed E-state index contributed by atoms with van der Waals surface area (Å²) >= 11 is 0. The van der Waals surface area contributed by atoms with Gasteiger partial charge in [-0.25, -0.2) is 4.79 Å². The van der Waals surface area contributed by atoms with Crippen LogP contribution in [0.25, 0.3) is 23.4 Å². The van der Waals surface area contributed by atoms with Gasteiger partial charge < -0.3 is 15.5 Å². The summed E-state index contributed by atoms with van der Waals surface area (Å²) < 4.78 is 33.6. The van der Waals surface area contributed by atoms with Crippen molar-refractivity contribution in [1.82, 2.24) is 20.1 Å². The van der Waals surface area contributed by atoms with Crippen molar-refractivity contribution in [3.8, 4) is 17.0 Å². The Morgan fingerprint density at radius 2 is 1.85 bits per heavy atom. The molecule has 1 amide bonds. The maximum atomic E-state index is 12.3. The number of carbonyl (C=O) groups excluding carboxylic acids is 1. The number of benzene rings is 1. The average Bonchev–Trinajstić information content (AvgIpc) is 3.19. The Balaban J connectivity index is 0.000000344. The Bertz CT molecular complexity index is 1280. The summed E-state index contributed by atoms with van der Waals surface area (Å²) in [6.07, 6.45) is 2.42. The fourth-order valence-electron chi connectivity index (χ4n) is 3.76. The van der Waals surface area contributed by atoms with Crippen molar-refractivity contribution < 1.29 is 33.0 Å². The van der Waals surface area contributed by atoms with Gasteiger partial charge in [-0.3, -0.25) is 14.5 Å². The van der Waals surface area contributed by atoms with E-state index in [1.165, 1.54) is 5.56 Å². The van der Waals surface area contributed by atoms with Gasteiger partial charge in [-0.15, -0.1) is 0 Å². The van der Waals surface area contributed by atoms with E-state index in [0.29, 0.717) is 18.8 Å². The fourth-order valence-corrected chi connectivity index (χ4v) is 3.76. The maximum absolute atomic E-state index is 12.3. The van der Waals surface area contributed by atoms with Crippen molar-refractivity contribution >= 4 is 24.0 Å². The van der Waals surface area contributed by atoms with Gasteiger partial charge in [0.15, 0.2) is 0 Å². The predicted octanol–water partition coefficient (Wildman–Crippen LogP) is 3.30. The zero-order chi connectivity index (χ0) is 24.5. The lowest BCUT2D eigenvalue weighted by molar-refractivity contribution is -0.192. The Morgan fingerprint density at radius 1 is 1.15 bits per heavy atom. The molecule has 34 heavy (non-hydrogen) atoms. The number of carboxylic acid groups (broad SMARTS) is 1. The van der Waals surface area contributed by atoms with Crippen LogP contribution in [0.15, 0.2) is 36.5 Å². The lowest BCUT2D eigenvalue weighted by Gasteiger charge is -2.17. The number of nitrogens with one attached hydrogen (secondary N) is 1. The monoisotopic (exact) mass is 472 g/mol. The van der Waals surface area contributed by atoms with Crippen LogP contribution >= 0.6 is 0 Å². The molecule has 8 nitrogen and oxygen atoms in total. The Hall–Kier alpha value is -4.15. The molecule has 0 bridgehead atoms. The number of aromatic nitrogens is 3. The van der Waals surface area contributed by atoms with Gasteiger partial charge in [0, 0.05) is 23.9 Å². The number of fused-ring (bicyclic) bond motifs is 5. The van der Waals surface area contributed by atoms with E-state index in [4.69, 9.17) is 15.0 Å². The molecule has 3 aromatic rings. The van der Waals surface area contributed by atoms with Crippen LogP contribution in [0.4, 0.5) is 13.2 Å². The molecule has 11 heteroatoms. The molecule has 3 N–H and O–H groups in total. The number of rotatable bonds is 2. The van der Waals surface area contributed by atoms with Gasteiger partial charge in [-0.05, 0) is 48.2 Å². The second-order valence-corrected chi connectivity index (χ2v) is 7.65. The van der Waals surface area contributed by atoms with E-state index in [1.807, 2.05) is 41.2 Å². The Kier molecular flexibility index (Phi) is 6.10. The summed E-state index contributed by atoms with van der Waals surface area (Å²) in [5, 5.41) is 24.1. The lowest BCUT2D eigenvalue weighted by atomic mass is 9.89. The van der Waals surface area contributed by atoms with E-state index >= 15 is 0 Å². The van der Waals surface area contributed by atoms with Gasteiger partial charge in [0.05, 0.1) is 17.9 Å². The van der Waals surface area contributed by atoms with Crippen molar-refractivity contribution in [2.24, 2.45) is 0 Å². The predicted molar refractivity (Wildman–Crippen MR) is 116 cm³/mol. The topological polar surface area (TPSA) is 117 Å². The quantitative estimate of drug-likeness (QED) is 0.527. The van der Waals surface area contributed by atoms with Crippen molar-refractivity contribution in [2.45, 2.75) is 25.6 Å². The van der Waals surface area contributed by atoms with Crippen molar-refractivity contribution in [1.29, 1.82) is 0 Å². The normalized spacial score (nSPS) is 14.4. The molecule has 0 atom stereocenters. The van der Waals surface area contributed by atoms with E-state index < -0.39 is 12.1 Å². The number of aromatic hydroxyl groups is 1. The fraction of sp³-hybridized carbons (Fsp3) is 0.217. The van der Waals surface area contributed by atoms with Crippen molar-refractivity contribution in [3.63, 3.8) is 0 Å². The highest BCUT2D eigenvalue weighted by molar-refractivity contribution is 5.97. The minimum absolute atomic E-state index is 0.0278. The van der Waals surface area contributed by atoms with E-state index in [0.717, 1.165) is 40.9 Å². The number of aliphatic carboxylic acids is 1. The summed E-state index contributed by atoms with van der Waals surface area (Å²) in [7, 11) is 0. The number of carbonyl (C=O) groups is 2. The highest BCUT2D eigenvalue weighted by Gasteiger charge is 2.38. The number of phenols is 1. The molecular formula is C23H19F3N4O4. The van der Waals surface area contributed by atoms with Gasteiger partial charge in [0.25, 0.3) is 5.91 Å². The first-order valence-electron chi connectivity index (χ1n) is 10.3. The van der Waals surface area contributed by atoms with Gasteiger partial charge >= 0.3 is 12.1 Å². The molecule has 0 unspecified atom stereocenters. The molecule has 176 valence electrons. The molecule has 3 heterocycles. The van der Waals surface area contributed by atoms with Crippen LogP contribution in [0.1, 0.15) is 32.9 Å². The van der Waals surface area contributed by atoms with Crippen LogP contribution < -0.4 is 5.32 Å². The highest BCUT2D eigenvalue weighted by Crippen LogP contribution is 2.35. The number of alkyl halides is 3. The lowest BCUT2D eigenvalue weighted by Crippen LogP contribution is -2.36. The number of hydrogen-bond acceptors (Lipinski definition) is 5. The van der Waals surface area contributed by atoms with E-state index in [2.05, 4.69) is 10.3 Å². The molecule has 1 aromatic carbocycles. The zero-order valence-electron chi connectivity index (χ0n) is 17.6. The van der Waals surface area contributed by atoms with Crippen LogP contribution in [-0.2, 0) is 24.2 Å². The SMILES string of the molecule is O=C(O)C(F)(F)F.O=C1NCCn2nc3c(c21)CCc1cnc(/C=C/c2ccc(O)cc2)cc1-3. The molecule has 0 saturated heterocycles. The van der Waals surface area contributed by atoms with Crippen LogP contribution in [-0.4, -0.2) is 49.6 Å². The first kappa shape index (κ1) is 23.0. The van der Waals surface area contributed by atoms with E-state index in [-0.39, 0.29) is 11.7 Å². The first-order chi connectivity index (χ1) is 16.1. The summed E-state index contributed by atoms with van der Waals surface area (Å²) in [5.41, 5.74) is 6.71. The number of amides is 1. The number of halogens is 3. The second-order valence-electron chi connectivity index (χ2n) is 7.65. The van der Waals surface area contributed by atoms with Gasteiger partial charge in [-0.2, -0.15) is 18.3 Å². The van der Waals surface area contributed by atoms with E-state index in [9.17, 15) is 23.1 Å². The third-order valence-corrected chi connectivity index (χ3v) is 5.36. The average molecular weight is 472 g/mol. The van der Waals surface area contributed by atoms with Gasteiger partial charge in [-0.1, -0.05) is 18.2 Å². The Morgan fingerprint density at radius 3 is 2.53 bits per heavy atom. The molecule has 2 aromatic heterocycles. The smallest absolute Gasteiger partial charge is 0.490 e. The van der Waals surface area contributed by atoms with Crippen molar-refractivity contribution in [3.05, 3.63) is 64.6 Å². The number of hydrogen-bond donors (Lipinski definition) is 3. The first-order valence-corrected chi connectivity index (χ1v) is 10.3. The van der Waals surface area contributed by atoms with Gasteiger partial charge in [0.1, 0.15) is 11.4 Å². The molecule has 5 rings (SSSR count). The second kappa shape index (κ2) is 9.00. The minimum atomic E-state index is -5.08. The van der Waals surface area contributed by atoms with Crippen LogP contribution in [0.5, 0.6) is 5.75 Å². The summed E-state index contributed by atoms with van der Waals surface area (Å²) in [6, 6.07) is 9.07. The largest absolute Gasteiger partial charge is 0.508 e. The minimum Gasteiger partial charge on any atom is -0.508 e. The highest BCUT2D eigenvalue weighted by atomic mass is 19.4. The maximum Gasteiger partial charge on any atom is 0.490 e. The number of nitrogens with zero attached hydrogens (tertiary/aromatic N) is 3. The summed E-state index contributed by atoms with van der Waals surface area (Å²) in [4.78, 5) is 25.7. The molecule has 0 saturated carbocycles. The Labute approximate surface area is 191 Å². The van der Waals surface area contributed by atoms with Crippen LogP contribution in [0.3, 0.4) is 0 Å². The van der Waals surface area contributed by atoms with Gasteiger partial charge in [0.2, 0.25) is 0 Å². The number of aryl methyl sites for hydroxylation is 1. The molecule has 0 radical (unpaired) electrons. The van der Waals surface area contributed by atoms with Crippen molar-refractivity contribution in [2.75, 3.05) is 6.54 Å². The van der Waals surface area contributed by atoms with Crippen LogP contribution in [0, 0.1) is 0 Å². The molecule has 2 aliphatic rings. The third-order valence-electron chi connectivity index (χ3n) is 5.36. The van der Waals surface area contributed by atoms with E-state index in [1.54, 1.807) is 12.1 Å². The molecule has 0 spiro atoms. The van der Waals surface area contributed by atoms with Crippen LogP contribution in [0.2, 0.25) is 0 Å². The molecule has 1 aliphatic heterocycles. The third kappa shape index (κ3) is 4.77. The zero-order valence-corrected chi connectivity index (χ0v) is 17.6. The molecule has 0 fully saturated rings. The standard InChI is InChI=1S/C21H18N4O2.C2HF3O2/c26-16-6-2-13(3-7-16)1-5-15-11-18-14(12-23-15)4-8-17-19(18)24-25-10-9-22-21(27)20(17)25;3-2(4,5)1(6)7/h1-3,5-7,11-12,26H,4,8-10H2,(H,22,27);(H,6,7)/b5-1+;. The molecular weight excluding hydrogens is 453 g/mol. The summed E-state index contributed by atoms with van der Waals surface area (Å²) in [5.74, 6) is -2.54. The summed E-state index contributed by atoms with van der Waals surface area (Å²) in [6.45, 7) is 1.33. The number of phenolic OH excluding ortho intramolecular Hbond substituents is 1.